The quantitative estimate of drug-likeness (QED) is 0.820. The highest BCUT2D eigenvalue weighted by Crippen LogP contribution is 2.16. The number of nitrogens with zero attached hydrogens (tertiary/aromatic N) is 1. The molecule has 5 nitrogen and oxygen atoms in total. The molecular weight excluding hydrogens is 326 g/mol. The van der Waals surface area contributed by atoms with Gasteiger partial charge in [0.05, 0.1) is 11.8 Å². The van der Waals surface area contributed by atoms with Crippen molar-refractivity contribution in [3.63, 3.8) is 0 Å². The Bertz CT molecular complexity index is 603. The van der Waals surface area contributed by atoms with Crippen LogP contribution in [-0.4, -0.2) is 29.3 Å². The van der Waals surface area contributed by atoms with E-state index in [1.165, 1.54) is 12.1 Å². The van der Waals surface area contributed by atoms with Gasteiger partial charge in [-0.15, -0.1) is 0 Å². The van der Waals surface area contributed by atoms with Gasteiger partial charge in [-0.3, -0.25) is 4.98 Å². The predicted molar refractivity (Wildman–Crippen MR) is 76.3 cm³/mol. The number of rotatable bonds is 6. The molecule has 0 radical (unpaired) electrons. The molecule has 1 aromatic carbocycles. The second kappa shape index (κ2) is 6.91. The van der Waals surface area contributed by atoms with Crippen molar-refractivity contribution in [3.05, 3.63) is 52.8 Å². The summed E-state index contributed by atoms with van der Waals surface area (Å²) in [4.78, 5) is 14.8. The van der Waals surface area contributed by atoms with Crippen molar-refractivity contribution in [1.29, 1.82) is 0 Å². The molecule has 0 unspecified atom stereocenters. The number of carboxylic acid groups (broad SMARTS) is 1. The van der Waals surface area contributed by atoms with Crippen molar-refractivity contribution >= 4 is 21.9 Å². The van der Waals surface area contributed by atoms with Gasteiger partial charge in [0, 0.05) is 10.7 Å². The van der Waals surface area contributed by atoms with Crippen LogP contribution in [0.15, 0.2) is 47.2 Å². The molecular formula is C14H12BrNO4. The van der Waals surface area contributed by atoms with E-state index in [2.05, 4.69) is 20.9 Å². The minimum atomic E-state index is -0.980. The van der Waals surface area contributed by atoms with E-state index in [1.54, 1.807) is 30.6 Å². The highest BCUT2D eigenvalue weighted by Gasteiger charge is 2.03. The Morgan fingerprint density at radius 3 is 2.60 bits per heavy atom. The zero-order valence-corrected chi connectivity index (χ0v) is 12.0. The molecule has 0 atom stereocenters. The van der Waals surface area contributed by atoms with Gasteiger partial charge >= 0.3 is 5.97 Å². The number of ether oxygens (including phenoxy) is 2. The van der Waals surface area contributed by atoms with Crippen LogP contribution >= 0.6 is 15.9 Å². The van der Waals surface area contributed by atoms with Crippen LogP contribution in [0.3, 0.4) is 0 Å². The SMILES string of the molecule is O=C(O)c1cccc(OCCOc2cncc(Br)c2)c1. The summed E-state index contributed by atoms with van der Waals surface area (Å²) in [5.74, 6) is 0.162. The van der Waals surface area contributed by atoms with Crippen LogP contribution in [0.4, 0.5) is 0 Å². The zero-order chi connectivity index (χ0) is 14.4. The summed E-state index contributed by atoms with van der Waals surface area (Å²) < 4.78 is 11.7. The Morgan fingerprint density at radius 1 is 1.15 bits per heavy atom. The molecule has 1 heterocycles. The lowest BCUT2D eigenvalue weighted by Crippen LogP contribution is -2.09. The molecule has 0 saturated heterocycles. The maximum atomic E-state index is 10.8. The van der Waals surface area contributed by atoms with Crippen molar-refractivity contribution in [2.45, 2.75) is 0 Å². The fourth-order valence-electron chi connectivity index (χ4n) is 1.51. The number of pyridine rings is 1. The molecule has 2 aromatic rings. The van der Waals surface area contributed by atoms with Gasteiger partial charge in [-0.25, -0.2) is 4.79 Å². The number of aromatic carboxylic acids is 1. The second-order valence-electron chi connectivity index (χ2n) is 3.87. The molecule has 1 N–H and O–H groups in total. The molecule has 0 aliphatic carbocycles. The zero-order valence-electron chi connectivity index (χ0n) is 10.5. The van der Waals surface area contributed by atoms with Gasteiger partial charge in [0.25, 0.3) is 0 Å². The summed E-state index contributed by atoms with van der Waals surface area (Å²) in [6.45, 7) is 0.658. The number of benzene rings is 1. The minimum Gasteiger partial charge on any atom is -0.490 e. The Labute approximate surface area is 124 Å². The smallest absolute Gasteiger partial charge is 0.335 e. The Balaban J connectivity index is 1.81. The number of carboxylic acids is 1. The molecule has 0 amide bonds. The Kier molecular flexibility index (Phi) is 4.95. The third-order valence-electron chi connectivity index (χ3n) is 2.38. The molecule has 0 aliphatic heterocycles. The first-order valence-electron chi connectivity index (χ1n) is 5.84. The van der Waals surface area contributed by atoms with Crippen molar-refractivity contribution in [2.24, 2.45) is 0 Å². The van der Waals surface area contributed by atoms with E-state index in [1.807, 2.05) is 0 Å². The maximum Gasteiger partial charge on any atom is 0.335 e. The standard InChI is InChI=1S/C14H12BrNO4/c15-11-7-13(9-16-8-11)20-5-4-19-12-3-1-2-10(6-12)14(17)18/h1-3,6-9H,4-5H2,(H,17,18). The largest absolute Gasteiger partial charge is 0.490 e. The summed E-state index contributed by atoms with van der Waals surface area (Å²) in [7, 11) is 0. The number of aromatic nitrogens is 1. The molecule has 1 aromatic heterocycles. The number of hydrogen-bond donors (Lipinski definition) is 1. The fourth-order valence-corrected chi connectivity index (χ4v) is 1.85. The average molecular weight is 338 g/mol. The number of carbonyl (C=O) groups is 1. The second-order valence-corrected chi connectivity index (χ2v) is 4.78. The summed E-state index contributed by atoms with van der Waals surface area (Å²) in [5.41, 5.74) is 0.194. The summed E-state index contributed by atoms with van der Waals surface area (Å²) in [6, 6.07) is 8.13. The molecule has 104 valence electrons. The molecule has 0 aliphatic rings. The average Bonchev–Trinajstić information content (AvgIpc) is 2.44. The van der Waals surface area contributed by atoms with E-state index in [9.17, 15) is 4.79 Å². The Hall–Kier alpha value is -2.08. The first-order chi connectivity index (χ1) is 9.65. The molecule has 20 heavy (non-hydrogen) atoms. The van der Waals surface area contributed by atoms with E-state index < -0.39 is 5.97 Å². The van der Waals surface area contributed by atoms with Gasteiger partial charge in [-0.05, 0) is 40.2 Å². The molecule has 0 spiro atoms. The minimum absolute atomic E-state index is 0.194. The van der Waals surface area contributed by atoms with E-state index >= 15 is 0 Å². The van der Waals surface area contributed by atoms with Crippen molar-refractivity contribution in [1.82, 2.24) is 4.98 Å². The first-order valence-corrected chi connectivity index (χ1v) is 6.64. The maximum absolute atomic E-state index is 10.8. The predicted octanol–water partition coefficient (Wildman–Crippen LogP) is 3.00. The lowest BCUT2D eigenvalue weighted by atomic mass is 10.2. The van der Waals surface area contributed by atoms with Gasteiger partial charge < -0.3 is 14.6 Å². The van der Waals surface area contributed by atoms with Crippen LogP contribution in [0, 0.1) is 0 Å². The first kappa shape index (κ1) is 14.3. The van der Waals surface area contributed by atoms with E-state index in [0.29, 0.717) is 24.7 Å². The summed E-state index contributed by atoms with van der Waals surface area (Å²) >= 11 is 3.30. The number of halogens is 1. The van der Waals surface area contributed by atoms with Crippen LogP contribution in [0.2, 0.25) is 0 Å². The molecule has 0 saturated carbocycles. The van der Waals surface area contributed by atoms with Gasteiger partial charge in [-0.1, -0.05) is 6.07 Å². The topological polar surface area (TPSA) is 68.7 Å². The summed E-state index contributed by atoms with van der Waals surface area (Å²) in [6.07, 6.45) is 3.27. The fraction of sp³-hybridized carbons (Fsp3) is 0.143. The molecule has 2 rings (SSSR count). The van der Waals surface area contributed by atoms with Gasteiger partial charge in [0.2, 0.25) is 0 Å². The van der Waals surface area contributed by atoms with E-state index in [4.69, 9.17) is 14.6 Å². The molecule has 0 bridgehead atoms. The number of hydrogen-bond acceptors (Lipinski definition) is 4. The van der Waals surface area contributed by atoms with Crippen LogP contribution in [-0.2, 0) is 0 Å². The highest BCUT2D eigenvalue weighted by molar-refractivity contribution is 9.10. The van der Waals surface area contributed by atoms with Gasteiger partial charge in [0.1, 0.15) is 24.7 Å². The summed E-state index contributed by atoms with van der Waals surface area (Å²) in [5, 5.41) is 8.86. The molecule has 0 fully saturated rings. The molecule has 6 heteroatoms. The van der Waals surface area contributed by atoms with Crippen LogP contribution in [0.1, 0.15) is 10.4 Å². The van der Waals surface area contributed by atoms with Crippen molar-refractivity contribution in [2.75, 3.05) is 13.2 Å². The van der Waals surface area contributed by atoms with E-state index in [0.717, 1.165) is 4.47 Å². The normalized spacial score (nSPS) is 10.1. The van der Waals surface area contributed by atoms with Crippen molar-refractivity contribution in [3.8, 4) is 11.5 Å². The lowest BCUT2D eigenvalue weighted by molar-refractivity contribution is 0.0696. The van der Waals surface area contributed by atoms with Crippen LogP contribution < -0.4 is 9.47 Å². The van der Waals surface area contributed by atoms with Gasteiger partial charge in [0.15, 0.2) is 0 Å². The van der Waals surface area contributed by atoms with Gasteiger partial charge in [-0.2, -0.15) is 0 Å². The highest BCUT2D eigenvalue weighted by atomic mass is 79.9. The third-order valence-corrected chi connectivity index (χ3v) is 2.82. The van der Waals surface area contributed by atoms with Crippen molar-refractivity contribution < 1.29 is 19.4 Å². The van der Waals surface area contributed by atoms with Crippen LogP contribution in [0.25, 0.3) is 0 Å². The Morgan fingerprint density at radius 2 is 1.90 bits per heavy atom. The third kappa shape index (κ3) is 4.24. The van der Waals surface area contributed by atoms with E-state index in [-0.39, 0.29) is 5.56 Å². The monoisotopic (exact) mass is 337 g/mol. The van der Waals surface area contributed by atoms with Crippen LogP contribution in [0.5, 0.6) is 11.5 Å². The lowest BCUT2D eigenvalue weighted by Gasteiger charge is -2.08.